The van der Waals surface area contributed by atoms with Gasteiger partial charge in [-0.2, -0.15) is 5.10 Å². The second-order valence-corrected chi connectivity index (χ2v) is 6.41. The third-order valence-electron chi connectivity index (χ3n) is 4.35. The Morgan fingerprint density at radius 2 is 1.96 bits per heavy atom. The maximum Gasteiger partial charge on any atom is 0.249 e. The van der Waals surface area contributed by atoms with Gasteiger partial charge in [0.25, 0.3) is 0 Å². The second-order valence-electron chi connectivity index (χ2n) is 6.41. The van der Waals surface area contributed by atoms with Gasteiger partial charge < -0.3 is 15.7 Å². The van der Waals surface area contributed by atoms with Gasteiger partial charge in [0.2, 0.25) is 5.56 Å². The summed E-state index contributed by atoms with van der Waals surface area (Å²) in [5, 5.41) is 6.76. The summed E-state index contributed by atoms with van der Waals surface area (Å²) in [4.78, 5) is 19.1. The second kappa shape index (κ2) is 6.26. The lowest BCUT2D eigenvalue weighted by molar-refractivity contribution is 0.837. The van der Waals surface area contributed by atoms with E-state index in [1.54, 1.807) is 17.8 Å². The van der Waals surface area contributed by atoms with Gasteiger partial charge in [-0.25, -0.2) is 15.5 Å². The molecule has 8 heteroatoms. The highest BCUT2D eigenvalue weighted by atomic mass is 16.1. The van der Waals surface area contributed by atoms with E-state index in [0.29, 0.717) is 22.8 Å². The molecule has 0 amide bonds. The SMILES string of the molecule is Cc1ccn(-c2nc3[nH]c(=O)ccc3cc2-c2ccc(N)c(N(C)N)c2)n1. The Kier molecular flexibility index (Phi) is 3.89. The van der Waals surface area contributed by atoms with Gasteiger partial charge >= 0.3 is 0 Å². The molecule has 0 bridgehead atoms. The molecule has 0 aliphatic heterocycles. The summed E-state index contributed by atoms with van der Waals surface area (Å²) in [6.07, 6.45) is 1.83. The van der Waals surface area contributed by atoms with Crippen LogP contribution in [0.3, 0.4) is 0 Å². The van der Waals surface area contributed by atoms with Crippen LogP contribution < -0.4 is 22.1 Å². The Bertz CT molecular complexity index is 1210. The van der Waals surface area contributed by atoms with Crippen LogP contribution in [0.25, 0.3) is 28.0 Å². The molecule has 27 heavy (non-hydrogen) atoms. The molecule has 0 unspecified atom stereocenters. The van der Waals surface area contributed by atoms with Gasteiger partial charge in [-0.3, -0.25) is 4.79 Å². The van der Waals surface area contributed by atoms with E-state index in [1.807, 2.05) is 43.5 Å². The molecule has 4 aromatic rings. The van der Waals surface area contributed by atoms with Crippen molar-refractivity contribution in [1.82, 2.24) is 19.7 Å². The number of nitrogens with zero attached hydrogens (tertiary/aromatic N) is 4. The summed E-state index contributed by atoms with van der Waals surface area (Å²) in [5.74, 6) is 6.51. The van der Waals surface area contributed by atoms with Gasteiger partial charge in [0.05, 0.1) is 17.1 Å². The summed E-state index contributed by atoms with van der Waals surface area (Å²) >= 11 is 0. The van der Waals surface area contributed by atoms with Gasteiger partial charge in [-0.1, -0.05) is 6.07 Å². The molecule has 136 valence electrons. The Balaban J connectivity index is 2.02. The van der Waals surface area contributed by atoms with Gasteiger partial charge in [0.1, 0.15) is 5.65 Å². The molecule has 8 nitrogen and oxygen atoms in total. The van der Waals surface area contributed by atoms with Crippen molar-refractivity contribution in [3.05, 3.63) is 64.7 Å². The van der Waals surface area contributed by atoms with Crippen LogP contribution in [0, 0.1) is 6.92 Å². The fraction of sp³-hybridized carbons (Fsp3) is 0.105. The van der Waals surface area contributed by atoms with E-state index < -0.39 is 0 Å². The van der Waals surface area contributed by atoms with Crippen molar-refractivity contribution in [2.45, 2.75) is 6.92 Å². The van der Waals surface area contributed by atoms with Crippen LogP contribution in [0.1, 0.15) is 5.69 Å². The van der Waals surface area contributed by atoms with Crippen LogP contribution in [0.15, 0.2) is 53.5 Å². The first-order valence-electron chi connectivity index (χ1n) is 8.37. The number of nitrogens with two attached hydrogens (primary N) is 2. The molecule has 0 radical (unpaired) electrons. The number of aromatic nitrogens is 4. The summed E-state index contributed by atoms with van der Waals surface area (Å²) < 4.78 is 1.69. The standard InChI is InChI=1S/C19H19N7O/c1-11-7-8-26(24-11)19-14(9-13-4-6-17(27)22-18(13)23-19)12-3-5-15(20)16(10-12)25(2)21/h3-10H,20-21H2,1-2H3,(H,22,23,27). The molecule has 0 fully saturated rings. The number of rotatable bonds is 3. The van der Waals surface area contributed by atoms with Crippen LogP contribution in [0.5, 0.6) is 0 Å². The van der Waals surface area contributed by atoms with Crippen molar-refractivity contribution in [3.63, 3.8) is 0 Å². The Hall–Kier alpha value is -3.65. The Morgan fingerprint density at radius 1 is 1.15 bits per heavy atom. The summed E-state index contributed by atoms with van der Waals surface area (Å²) in [7, 11) is 1.73. The number of aromatic amines is 1. The fourth-order valence-corrected chi connectivity index (χ4v) is 3.01. The number of fused-ring (bicyclic) bond motifs is 1. The van der Waals surface area contributed by atoms with Crippen molar-refractivity contribution in [2.24, 2.45) is 5.84 Å². The average Bonchev–Trinajstić information content (AvgIpc) is 3.07. The first-order valence-corrected chi connectivity index (χ1v) is 8.37. The quantitative estimate of drug-likeness (QED) is 0.292. The first-order chi connectivity index (χ1) is 12.9. The Labute approximate surface area is 155 Å². The number of nitrogens with one attached hydrogen (secondary N) is 1. The number of benzene rings is 1. The van der Waals surface area contributed by atoms with Crippen LogP contribution in [-0.2, 0) is 0 Å². The number of nitrogen functional groups attached to an aromatic ring is 1. The number of aryl methyl sites for hydroxylation is 1. The van der Waals surface area contributed by atoms with Gasteiger partial charge in [0.15, 0.2) is 5.82 Å². The van der Waals surface area contributed by atoms with Gasteiger partial charge in [0, 0.05) is 30.3 Å². The summed E-state index contributed by atoms with van der Waals surface area (Å²) in [6, 6.07) is 12.7. The molecule has 0 atom stereocenters. The number of hydrogen-bond acceptors (Lipinski definition) is 6. The molecule has 4 rings (SSSR count). The van der Waals surface area contributed by atoms with Crippen LogP contribution >= 0.6 is 0 Å². The van der Waals surface area contributed by atoms with Gasteiger partial charge in [-0.05, 0) is 42.8 Å². The maximum atomic E-state index is 11.7. The number of hydrogen-bond donors (Lipinski definition) is 3. The normalized spacial score (nSPS) is 11.1. The highest BCUT2D eigenvalue weighted by molar-refractivity contribution is 5.87. The number of H-pyrrole nitrogens is 1. The van der Waals surface area contributed by atoms with E-state index in [4.69, 9.17) is 11.6 Å². The van der Waals surface area contributed by atoms with E-state index in [2.05, 4.69) is 15.1 Å². The van der Waals surface area contributed by atoms with Crippen molar-refractivity contribution in [3.8, 4) is 16.9 Å². The molecule has 0 saturated heterocycles. The van der Waals surface area contributed by atoms with Crippen molar-refractivity contribution in [1.29, 1.82) is 0 Å². The Morgan fingerprint density at radius 3 is 2.67 bits per heavy atom. The lowest BCUT2D eigenvalue weighted by atomic mass is 10.0. The highest BCUT2D eigenvalue weighted by Crippen LogP contribution is 2.32. The largest absolute Gasteiger partial charge is 0.397 e. The van der Waals surface area contributed by atoms with Crippen LogP contribution in [0.2, 0.25) is 0 Å². The molecule has 3 heterocycles. The predicted molar refractivity (Wildman–Crippen MR) is 107 cm³/mol. The van der Waals surface area contributed by atoms with Crippen molar-refractivity contribution >= 4 is 22.4 Å². The van der Waals surface area contributed by atoms with E-state index in [0.717, 1.165) is 22.2 Å². The third-order valence-corrected chi connectivity index (χ3v) is 4.35. The fourth-order valence-electron chi connectivity index (χ4n) is 3.01. The third kappa shape index (κ3) is 3.02. The minimum Gasteiger partial charge on any atom is -0.397 e. The van der Waals surface area contributed by atoms with Crippen LogP contribution in [0.4, 0.5) is 11.4 Å². The monoisotopic (exact) mass is 361 g/mol. The topological polar surface area (TPSA) is 119 Å². The molecular formula is C19H19N7O. The number of anilines is 2. The van der Waals surface area contributed by atoms with Crippen molar-refractivity contribution in [2.75, 3.05) is 17.8 Å². The molecule has 5 N–H and O–H groups in total. The zero-order chi connectivity index (χ0) is 19.1. The van der Waals surface area contributed by atoms with Gasteiger partial charge in [-0.15, -0.1) is 0 Å². The zero-order valence-electron chi connectivity index (χ0n) is 15.0. The van der Waals surface area contributed by atoms with E-state index in [1.165, 1.54) is 11.1 Å². The number of hydrazine groups is 1. The van der Waals surface area contributed by atoms with E-state index in [-0.39, 0.29) is 5.56 Å². The minimum atomic E-state index is -0.204. The predicted octanol–water partition coefficient (Wildman–Crippen LogP) is 1.98. The molecule has 0 spiro atoms. The van der Waals surface area contributed by atoms with Crippen LogP contribution in [-0.4, -0.2) is 26.8 Å². The maximum absolute atomic E-state index is 11.7. The number of pyridine rings is 2. The molecule has 0 saturated carbocycles. The molecule has 0 aliphatic rings. The average molecular weight is 361 g/mol. The minimum absolute atomic E-state index is 0.204. The van der Waals surface area contributed by atoms with E-state index >= 15 is 0 Å². The smallest absolute Gasteiger partial charge is 0.249 e. The first kappa shape index (κ1) is 16.8. The molecule has 1 aromatic carbocycles. The zero-order valence-corrected chi connectivity index (χ0v) is 15.0. The molecule has 0 aliphatic carbocycles. The lowest BCUT2D eigenvalue weighted by Gasteiger charge is -2.17. The van der Waals surface area contributed by atoms with E-state index in [9.17, 15) is 4.79 Å². The lowest BCUT2D eigenvalue weighted by Crippen LogP contribution is -2.26. The molecule has 3 aromatic heterocycles. The summed E-state index contributed by atoms with van der Waals surface area (Å²) in [5.41, 5.74) is 10.2. The highest BCUT2D eigenvalue weighted by Gasteiger charge is 2.14. The summed E-state index contributed by atoms with van der Waals surface area (Å²) in [6.45, 7) is 1.91. The molecular weight excluding hydrogens is 342 g/mol. The van der Waals surface area contributed by atoms with Crippen molar-refractivity contribution < 1.29 is 0 Å².